The molecular weight excluding hydrogens is 220 g/mol. The van der Waals surface area contributed by atoms with E-state index in [1.807, 2.05) is 6.07 Å². The van der Waals surface area contributed by atoms with Crippen LogP contribution in [0.15, 0.2) is 18.2 Å². The first kappa shape index (κ1) is 10.3. The highest BCUT2D eigenvalue weighted by atomic mass is 16.4. The number of carboxylic acid groups (broad SMARTS) is 2. The summed E-state index contributed by atoms with van der Waals surface area (Å²) in [6.45, 7) is 0. The van der Waals surface area contributed by atoms with Crippen LogP contribution in [0.25, 0.3) is 0 Å². The lowest BCUT2D eigenvalue weighted by molar-refractivity contribution is -0.142. The van der Waals surface area contributed by atoms with Crippen LogP contribution in [0.1, 0.15) is 46.2 Å². The van der Waals surface area contributed by atoms with Crippen molar-refractivity contribution in [2.45, 2.75) is 24.7 Å². The van der Waals surface area contributed by atoms with Gasteiger partial charge in [0, 0.05) is 0 Å². The molecule has 0 amide bonds. The molecule has 2 aliphatic rings. The molecule has 0 radical (unpaired) electrons. The molecule has 0 aliphatic heterocycles. The molecule has 88 valence electrons. The Morgan fingerprint density at radius 3 is 2.59 bits per heavy atom. The molecule has 1 saturated carbocycles. The summed E-state index contributed by atoms with van der Waals surface area (Å²) in [5.41, 5.74) is 2.09. The second kappa shape index (κ2) is 3.32. The second-order valence-corrected chi connectivity index (χ2v) is 4.83. The number of hydrogen-bond donors (Lipinski definition) is 2. The van der Waals surface area contributed by atoms with Crippen molar-refractivity contribution in [3.05, 3.63) is 34.9 Å². The largest absolute Gasteiger partial charge is 0.481 e. The van der Waals surface area contributed by atoms with Crippen LogP contribution in [-0.4, -0.2) is 22.2 Å². The second-order valence-electron chi connectivity index (χ2n) is 4.83. The molecule has 0 spiro atoms. The third-order valence-electron chi connectivity index (χ3n) is 4.06. The van der Waals surface area contributed by atoms with Gasteiger partial charge in [0.1, 0.15) is 0 Å². The van der Waals surface area contributed by atoms with Crippen molar-refractivity contribution in [1.82, 2.24) is 0 Å². The summed E-state index contributed by atoms with van der Waals surface area (Å²) in [6, 6.07) is 5.25. The number of benzene rings is 1. The molecule has 1 aromatic rings. The fourth-order valence-corrected chi connectivity index (χ4v) is 3.42. The molecule has 4 nitrogen and oxygen atoms in total. The molecule has 0 aromatic heterocycles. The summed E-state index contributed by atoms with van der Waals surface area (Å²) in [4.78, 5) is 22.3. The monoisotopic (exact) mass is 232 g/mol. The Bertz CT molecular complexity index is 520. The maximum Gasteiger partial charge on any atom is 0.335 e. The van der Waals surface area contributed by atoms with E-state index in [0.29, 0.717) is 6.42 Å². The molecule has 0 heterocycles. The molecule has 1 fully saturated rings. The SMILES string of the molecule is O=C(O)c1cccc2c1C1CC2CC1C(=O)O. The van der Waals surface area contributed by atoms with Gasteiger partial charge < -0.3 is 10.2 Å². The lowest BCUT2D eigenvalue weighted by Gasteiger charge is -2.22. The Hall–Kier alpha value is -1.84. The molecule has 0 saturated heterocycles. The fraction of sp³-hybridized carbons (Fsp3) is 0.385. The minimum absolute atomic E-state index is 0.111. The van der Waals surface area contributed by atoms with Gasteiger partial charge >= 0.3 is 11.9 Å². The Balaban J connectivity index is 2.14. The van der Waals surface area contributed by atoms with E-state index in [4.69, 9.17) is 10.2 Å². The average molecular weight is 232 g/mol. The average Bonchev–Trinajstić information content (AvgIpc) is 2.86. The number of carbonyl (C=O) groups is 2. The lowest BCUT2D eigenvalue weighted by atomic mass is 9.81. The number of hydrogen-bond acceptors (Lipinski definition) is 2. The van der Waals surface area contributed by atoms with Gasteiger partial charge in [-0.05, 0) is 41.9 Å². The van der Waals surface area contributed by atoms with Crippen LogP contribution in [0.2, 0.25) is 0 Å². The van der Waals surface area contributed by atoms with E-state index in [0.717, 1.165) is 17.5 Å². The van der Waals surface area contributed by atoms with Gasteiger partial charge in [-0.15, -0.1) is 0 Å². The van der Waals surface area contributed by atoms with Crippen molar-refractivity contribution in [3.63, 3.8) is 0 Å². The van der Waals surface area contributed by atoms with E-state index in [-0.39, 0.29) is 17.4 Å². The van der Waals surface area contributed by atoms with Gasteiger partial charge in [-0.25, -0.2) is 4.79 Å². The van der Waals surface area contributed by atoms with E-state index in [1.165, 1.54) is 0 Å². The predicted octanol–water partition coefficient (Wildman–Crippen LogP) is 2.06. The first-order valence-electron chi connectivity index (χ1n) is 5.68. The van der Waals surface area contributed by atoms with Crippen LogP contribution in [0.5, 0.6) is 0 Å². The zero-order valence-electron chi connectivity index (χ0n) is 9.09. The predicted molar refractivity (Wildman–Crippen MR) is 59.2 cm³/mol. The van der Waals surface area contributed by atoms with Gasteiger partial charge in [0.2, 0.25) is 0 Å². The van der Waals surface area contributed by atoms with Crippen LogP contribution in [0.4, 0.5) is 0 Å². The summed E-state index contributed by atoms with van der Waals surface area (Å²) >= 11 is 0. The molecular formula is C13H12O4. The van der Waals surface area contributed by atoms with Crippen LogP contribution in [0, 0.1) is 5.92 Å². The van der Waals surface area contributed by atoms with E-state index in [2.05, 4.69) is 0 Å². The Kier molecular flexibility index (Phi) is 2.02. The van der Waals surface area contributed by atoms with Crippen LogP contribution < -0.4 is 0 Å². The van der Waals surface area contributed by atoms with Crippen molar-refractivity contribution in [3.8, 4) is 0 Å². The van der Waals surface area contributed by atoms with E-state index >= 15 is 0 Å². The molecule has 2 aliphatic carbocycles. The number of carboxylic acids is 2. The van der Waals surface area contributed by atoms with Crippen molar-refractivity contribution in [2.24, 2.45) is 5.92 Å². The molecule has 4 heteroatoms. The van der Waals surface area contributed by atoms with Crippen molar-refractivity contribution >= 4 is 11.9 Å². The highest BCUT2D eigenvalue weighted by Gasteiger charge is 2.48. The molecule has 17 heavy (non-hydrogen) atoms. The Morgan fingerprint density at radius 1 is 1.18 bits per heavy atom. The summed E-state index contributed by atoms with van der Waals surface area (Å²) in [6.07, 6.45) is 1.44. The van der Waals surface area contributed by atoms with Gasteiger partial charge in [-0.1, -0.05) is 12.1 Å². The third kappa shape index (κ3) is 1.30. The maximum absolute atomic E-state index is 11.2. The number of aromatic carboxylic acids is 1. The van der Waals surface area contributed by atoms with E-state index < -0.39 is 17.9 Å². The smallest absolute Gasteiger partial charge is 0.335 e. The number of fused-ring (bicyclic) bond motifs is 5. The maximum atomic E-state index is 11.2. The molecule has 2 N–H and O–H groups in total. The van der Waals surface area contributed by atoms with Crippen molar-refractivity contribution in [1.29, 1.82) is 0 Å². The molecule has 3 atom stereocenters. The Morgan fingerprint density at radius 2 is 1.94 bits per heavy atom. The fourth-order valence-electron chi connectivity index (χ4n) is 3.42. The summed E-state index contributed by atoms with van der Waals surface area (Å²) in [7, 11) is 0. The molecule has 2 bridgehead atoms. The number of aliphatic carboxylic acids is 1. The highest BCUT2D eigenvalue weighted by molar-refractivity contribution is 5.91. The third-order valence-corrected chi connectivity index (χ3v) is 4.06. The van der Waals surface area contributed by atoms with E-state index in [9.17, 15) is 9.59 Å². The minimum atomic E-state index is -0.960. The zero-order chi connectivity index (χ0) is 12.2. The van der Waals surface area contributed by atoms with Crippen LogP contribution in [-0.2, 0) is 4.79 Å². The zero-order valence-corrected chi connectivity index (χ0v) is 9.09. The van der Waals surface area contributed by atoms with Gasteiger partial charge in [0.05, 0.1) is 11.5 Å². The quantitative estimate of drug-likeness (QED) is 0.818. The first-order chi connectivity index (χ1) is 8.09. The Labute approximate surface area is 97.9 Å². The minimum Gasteiger partial charge on any atom is -0.481 e. The number of rotatable bonds is 2. The highest BCUT2D eigenvalue weighted by Crippen LogP contribution is 2.57. The van der Waals surface area contributed by atoms with Gasteiger partial charge in [-0.2, -0.15) is 0 Å². The summed E-state index contributed by atoms with van der Waals surface area (Å²) in [5.74, 6) is -2.05. The normalized spacial score (nSPS) is 29.1. The lowest BCUT2D eigenvalue weighted by Crippen LogP contribution is -2.21. The van der Waals surface area contributed by atoms with Crippen LogP contribution in [0.3, 0.4) is 0 Å². The van der Waals surface area contributed by atoms with Gasteiger partial charge in [-0.3, -0.25) is 4.79 Å². The van der Waals surface area contributed by atoms with Crippen molar-refractivity contribution < 1.29 is 19.8 Å². The summed E-state index contributed by atoms with van der Waals surface area (Å²) in [5, 5.41) is 18.3. The molecule has 3 unspecified atom stereocenters. The van der Waals surface area contributed by atoms with Gasteiger partial charge in [0.25, 0.3) is 0 Å². The summed E-state index contributed by atoms with van der Waals surface area (Å²) < 4.78 is 0. The van der Waals surface area contributed by atoms with Crippen molar-refractivity contribution in [2.75, 3.05) is 0 Å². The molecule has 3 rings (SSSR count). The van der Waals surface area contributed by atoms with Crippen LogP contribution >= 0.6 is 0 Å². The van der Waals surface area contributed by atoms with Gasteiger partial charge in [0.15, 0.2) is 0 Å². The van der Waals surface area contributed by atoms with E-state index in [1.54, 1.807) is 12.1 Å². The standard InChI is InChI=1S/C13H12O4/c14-12(15)8-3-1-2-7-6-4-9(11(7)8)10(5-6)13(16)17/h1-3,6,9-10H,4-5H2,(H,14,15)(H,16,17). The molecule has 1 aromatic carbocycles. The topological polar surface area (TPSA) is 74.6 Å². The first-order valence-corrected chi connectivity index (χ1v) is 5.68.